The van der Waals surface area contributed by atoms with Gasteiger partial charge in [0.15, 0.2) is 0 Å². The van der Waals surface area contributed by atoms with Gasteiger partial charge >= 0.3 is 5.97 Å². The molecule has 0 radical (unpaired) electrons. The van der Waals surface area contributed by atoms with E-state index >= 15 is 0 Å². The Kier molecular flexibility index (Phi) is 3.76. The quantitative estimate of drug-likeness (QED) is 0.680. The van der Waals surface area contributed by atoms with Crippen molar-refractivity contribution in [3.8, 4) is 0 Å². The molecule has 6 nitrogen and oxygen atoms in total. The lowest BCUT2D eigenvalue weighted by atomic mass is 10.0. The highest BCUT2D eigenvalue weighted by Gasteiger charge is 2.35. The molecule has 3 atom stereocenters. The van der Waals surface area contributed by atoms with Crippen molar-refractivity contribution < 1.29 is 14.3 Å². The molecule has 2 fully saturated rings. The minimum Gasteiger partial charge on any atom is -0.465 e. The van der Waals surface area contributed by atoms with Gasteiger partial charge in [-0.25, -0.2) is 9.78 Å². The van der Waals surface area contributed by atoms with Crippen molar-refractivity contribution in [2.75, 3.05) is 12.4 Å². The lowest BCUT2D eigenvalue weighted by molar-refractivity contribution is 0.000647. The molecule has 1 aromatic heterocycles. The number of nitrogens with one attached hydrogen (secondary N) is 1. The average molecular weight is 298 g/mol. The van der Waals surface area contributed by atoms with Gasteiger partial charge in [-0.3, -0.25) is 0 Å². The van der Waals surface area contributed by atoms with Crippen molar-refractivity contribution in [2.24, 2.45) is 0 Å². The molecule has 0 spiro atoms. The Morgan fingerprint density at radius 2 is 2.15 bits per heavy atom. The monoisotopic (exact) mass is 297 g/mol. The summed E-state index contributed by atoms with van der Waals surface area (Å²) in [5.41, 5.74) is 0.302. The highest BCUT2D eigenvalue weighted by atomic mass is 35.5. The van der Waals surface area contributed by atoms with Crippen LogP contribution in [0.5, 0.6) is 0 Å². The summed E-state index contributed by atoms with van der Waals surface area (Å²) in [6, 6.07) is 0.232. The van der Waals surface area contributed by atoms with Crippen LogP contribution in [0.25, 0.3) is 0 Å². The second-order valence-corrected chi connectivity index (χ2v) is 5.50. The Hall–Kier alpha value is -1.40. The summed E-state index contributed by atoms with van der Waals surface area (Å²) in [4.78, 5) is 19.7. The number of nitrogens with zero attached hydrogens (tertiary/aromatic N) is 2. The van der Waals surface area contributed by atoms with Gasteiger partial charge in [0, 0.05) is 12.2 Å². The van der Waals surface area contributed by atoms with E-state index in [0.29, 0.717) is 23.6 Å². The van der Waals surface area contributed by atoms with Gasteiger partial charge in [-0.15, -0.1) is 0 Å². The number of methoxy groups -OCH3 is 1. The highest BCUT2D eigenvalue weighted by Crippen LogP contribution is 2.34. The zero-order valence-corrected chi connectivity index (χ0v) is 11.9. The van der Waals surface area contributed by atoms with E-state index in [2.05, 4.69) is 15.3 Å². The van der Waals surface area contributed by atoms with Crippen molar-refractivity contribution in [3.05, 3.63) is 17.0 Å². The minimum absolute atomic E-state index is 0.107. The van der Waals surface area contributed by atoms with Crippen LogP contribution >= 0.6 is 11.6 Å². The molecule has 108 valence electrons. The molecule has 2 saturated heterocycles. The predicted octanol–water partition coefficient (Wildman–Crippen LogP) is 2.04. The third kappa shape index (κ3) is 2.71. The normalized spacial score (nSPS) is 28.2. The minimum atomic E-state index is -0.473. The largest absolute Gasteiger partial charge is 0.465 e. The van der Waals surface area contributed by atoms with Crippen LogP contribution in [0.2, 0.25) is 5.28 Å². The van der Waals surface area contributed by atoms with Crippen LogP contribution in [0.3, 0.4) is 0 Å². The van der Waals surface area contributed by atoms with Crippen LogP contribution in [0.15, 0.2) is 6.20 Å². The van der Waals surface area contributed by atoms with Gasteiger partial charge in [-0.1, -0.05) is 0 Å². The highest BCUT2D eigenvalue weighted by molar-refractivity contribution is 6.28. The Morgan fingerprint density at radius 3 is 2.80 bits per heavy atom. The molecule has 3 rings (SSSR count). The summed E-state index contributed by atoms with van der Waals surface area (Å²) in [6.45, 7) is 0. The molecular weight excluding hydrogens is 282 g/mol. The average Bonchev–Trinajstić information content (AvgIpc) is 2.77. The van der Waals surface area contributed by atoms with Crippen LogP contribution in [-0.4, -0.2) is 41.3 Å². The number of aromatic nitrogens is 2. The first-order chi connectivity index (χ1) is 9.65. The molecule has 1 aromatic rings. The number of hydrogen-bond donors (Lipinski definition) is 1. The van der Waals surface area contributed by atoms with E-state index < -0.39 is 5.97 Å². The third-order valence-corrected chi connectivity index (χ3v) is 3.98. The van der Waals surface area contributed by atoms with Crippen LogP contribution in [0, 0.1) is 0 Å². The lowest BCUT2D eigenvalue weighted by Crippen LogP contribution is -2.34. The number of ether oxygens (including phenoxy) is 2. The first kappa shape index (κ1) is 13.6. The molecule has 1 unspecified atom stereocenters. The van der Waals surface area contributed by atoms with E-state index in [1.807, 2.05) is 0 Å². The smallest absolute Gasteiger partial charge is 0.343 e. The topological polar surface area (TPSA) is 73.3 Å². The lowest BCUT2D eigenvalue weighted by Gasteiger charge is -2.29. The van der Waals surface area contributed by atoms with Crippen molar-refractivity contribution in [3.63, 3.8) is 0 Å². The molecule has 7 heteroatoms. The fraction of sp³-hybridized carbons (Fsp3) is 0.615. The SMILES string of the molecule is COC(=O)c1cnc(Cl)nc1NC1C[C@H]2CC[C@@H](C1)O2. The van der Waals surface area contributed by atoms with Gasteiger partial charge in [0.2, 0.25) is 5.28 Å². The van der Waals surface area contributed by atoms with Crippen molar-refractivity contribution in [1.29, 1.82) is 0 Å². The van der Waals surface area contributed by atoms with Crippen LogP contribution in [-0.2, 0) is 9.47 Å². The Morgan fingerprint density at radius 1 is 1.45 bits per heavy atom. The van der Waals surface area contributed by atoms with Gasteiger partial charge in [0.25, 0.3) is 0 Å². The number of rotatable bonds is 3. The van der Waals surface area contributed by atoms with Crippen LogP contribution in [0.1, 0.15) is 36.0 Å². The molecule has 1 N–H and O–H groups in total. The van der Waals surface area contributed by atoms with Crippen molar-refractivity contribution in [1.82, 2.24) is 9.97 Å². The second-order valence-electron chi connectivity index (χ2n) is 5.16. The molecule has 0 saturated carbocycles. The summed E-state index contributed by atoms with van der Waals surface area (Å²) in [6.07, 6.45) is 6.05. The first-order valence-corrected chi connectivity index (χ1v) is 7.06. The molecule has 2 bridgehead atoms. The molecule has 3 heterocycles. The van der Waals surface area contributed by atoms with Gasteiger partial charge in [0.05, 0.1) is 19.3 Å². The Bertz CT molecular complexity index is 514. The number of esters is 1. The number of carbonyl (C=O) groups excluding carboxylic acids is 1. The number of anilines is 1. The van der Waals surface area contributed by atoms with E-state index in [1.165, 1.54) is 13.3 Å². The zero-order chi connectivity index (χ0) is 14.1. The van der Waals surface area contributed by atoms with Crippen molar-refractivity contribution in [2.45, 2.75) is 43.9 Å². The molecule has 0 aromatic carbocycles. The summed E-state index contributed by atoms with van der Waals surface area (Å²) in [5, 5.41) is 3.40. The maximum absolute atomic E-state index is 11.7. The number of carbonyl (C=O) groups is 1. The number of halogens is 1. The van der Waals surface area contributed by atoms with Crippen LogP contribution in [0.4, 0.5) is 5.82 Å². The van der Waals surface area contributed by atoms with Gasteiger partial charge < -0.3 is 14.8 Å². The molecule has 2 aliphatic heterocycles. The summed E-state index contributed by atoms with van der Waals surface area (Å²) >= 11 is 5.81. The summed E-state index contributed by atoms with van der Waals surface area (Å²) < 4.78 is 10.5. The fourth-order valence-corrected chi connectivity index (χ4v) is 3.03. The van der Waals surface area contributed by atoms with E-state index in [4.69, 9.17) is 21.1 Å². The third-order valence-electron chi connectivity index (χ3n) is 3.80. The van der Waals surface area contributed by atoms with Crippen LogP contribution < -0.4 is 5.32 Å². The van der Waals surface area contributed by atoms with Crippen molar-refractivity contribution >= 4 is 23.4 Å². The maximum Gasteiger partial charge on any atom is 0.343 e. The van der Waals surface area contributed by atoms with E-state index in [-0.39, 0.29) is 11.3 Å². The van der Waals surface area contributed by atoms with Gasteiger partial charge in [0.1, 0.15) is 11.4 Å². The summed E-state index contributed by atoms with van der Waals surface area (Å²) in [7, 11) is 1.33. The predicted molar refractivity (Wildman–Crippen MR) is 72.9 cm³/mol. The van der Waals surface area contributed by atoms with E-state index in [0.717, 1.165) is 25.7 Å². The zero-order valence-electron chi connectivity index (χ0n) is 11.1. The number of fused-ring (bicyclic) bond motifs is 2. The standard InChI is InChI=1S/C13H16ClN3O3/c1-19-12(18)10-6-15-13(14)17-11(10)16-7-4-8-2-3-9(5-7)20-8/h6-9H,2-5H2,1H3,(H,15,16,17)/t7?,8-,9+. The molecule has 0 amide bonds. The second kappa shape index (κ2) is 5.54. The van der Waals surface area contributed by atoms with E-state index in [1.54, 1.807) is 0 Å². The first-order valence-electron chi connectivity index (χ1n) is 6.68. The van der Waals surface area contributed by atoms with Gasteiger partial charge in [-0.05, 0) is 37.3 Å². The Balaban J connectivity index is 1.79. The molecular formula is C13H16ClN3O3. The molecule has 0 aliphatic carbocycles. The Labute approximate surface area is 121 Å². The van der Waals surface area contributed by atoms with Gasteiger partial charge in [-0.2, -0.15) is 4.98 Å². The van der Waals surface area contributed by atoms with E-state index in [9.17, 15) is 4.79 Å². The number of hydrogen-bond acceptors (Lipinski definition) is 6. The fourth-order valence-electron chi connectivity index (χ4n) is 2.90. The maximum atomic E-state index is 11.7. The summed E-state index contributed by atoms with van der Waals surface area (Å²) in [5.74, 6) is -0.0395. The molecule has 2 aliphatic rings. The molecule has 20 heavy (non-hydrogen) atoms.